The molecule has 1 heterocycles. The molecule has 0 spiro atoms. The van der Waals surface area contributed by atoms with Crippen molar-refractivity contribution >= 4 is 0 Å². The molecular weight excluding hydrogens is 178 g/mol. The van der Waals surface area contributed by atoms with E-state index in [0.717, 1.165) is 5.56 Å². The minimum absolute atomic E-state index is 0.197. The van der Waals surface area contributed by atoms with Crippen LogP contribution in [0.1, 0.15) is 5.56 Å². The zero-order valence-electron chi connectivity index (χ0n) is 7.60. The number of aromatic hydroxyl groups is 1. The normalized spacial score (nSPS) is 10.4. The highest BCUT2D eigenvalue weighted by molar-refractivity contribution is 5.65. The van der Waals surface area contributed by atoms with Crippen molar-refractivity contribution in [2.24, 2.45) is 5.73 Å². The van der Waals surface area contributed by atoms with E-state index in [1.54, 1.807) is 30.5 Å². The summed E-state index contributed by atoms with van der Waals surface area (Å²) in [4.78, 5) is 0. The van der Waals surface area contributed by atoms with Crippen LogP contribution in [-0.4, -0.2) is 5.11 Å². The molecule has 0 radical (unpaired) electrons. The number of phenolic OH excluding ortho intramolecular Hbond substituents is 1. The van der Waals surface area contributed by atoms with Crippen molar-refractivity contribution in [2.75, 3.05) is 0 Å². The summed E-state index contributed by atoms with van der Waals surface area (Å²) in [6.45, 7) is 0.423. The number of benzene rings is 1. The van der Waals surface area contributed by atoms with Gasteiger partial charge in [0.15, 0.2) is 0 Å². The van der Waals surface area contributed by atoms with Crippen molar-refractivity contribution in [3.63, 3.8) is 0 Å². The van der Waals surface area contributed by atoms with Crippen molar-refractivity contribution < 1.29 is 9.52 Å². The third kappa shape index (κ3) is 1.49. The van der Waals surface area contributed by atoms with Crippen molar-refractivity contribution in [1.82, 2.24) is 0 Å². The third-order valence-electron chi connectivity index (χ3n) is 2.08. The minimum atomic E-state index is 0.197. The summed E-state index contributed by atoms with van der Waals surface area (Å²) in [5, 5.41) is 9.68. The molecule has 0 bridgehead atoms. The number of rotatable bonds is 2. The predicted octanol–water partition coefficient (Wildman–Crippen LogP) is 2.11. The summed E-state index contributed by atoms with van der Waals surface area (Å²) in [6.07, 6.45) is 1.58. The summed E-state index contributed by atoms with van der Waals surface area (Å²) in [5.41, 5.74) is 7.04. The van der Waals surface area contributed by atoms with Crippen LogP contribution in [0.15, 0.2) is 41.0 Å². The molecule has 0 saturated heterocycles. The fraction of sp³-hybridized carbons (Fsp3) is 0.0909. The summed E-state index contributed by atoms with van der Waals surface area (Å²) in [7, 11) is 0. The highest BCUT2D eigenvalue weighted by Gasteiger charge is 2.06. The first-order valence-electron chi connectivity index (χ1n) is 4.37. The molecule has 0 fully saturated rings. The Morgan fingerprint density at radius 1 is 1.29 bits per heavy atom. The standard InChI is InChI=1S/C11H11NO2/c12-7-8-3-4-9(10(13)6-8)11-2-1-5-14-11/h1-6,13H,7,12H2. The predicted molar refractivity (Wildman–Crippen MR) is 53.7 cm³/mol. The molecule has 1 aromatic heterocycles. The smallest absolute Gasteiger partial charge is 0.137 e. The molecule has 2 rings (SSSR count). The SMILES string of the molecule is NCc1ccc(-c2ccco2)c(O)c1. The number of hydrogen-bond donors (Lipinski definition) is 2. The van der Waals surface area contributed by atoms with Gasteiger partial charge in [-0.05, 0) is 29.8 Å². The molecule has 0 aliphatic rings. The maximum Gasteiger partial charge on any atom is 0.137 e. The molecule has 0 aliphatic carbocycles. The lowest BCUT2D eigenvalue weighted by Gasteiger charge is -2.03. The molecule has 2 aromatic rings. The summed E-state index contributed by atoms with van der Waals surface area (Å²) < 4.78 is 5.18. The van der Waals surface area contributed by atoms with Gasteiger partial charge in [0.1, 0.15) is 11.5 Å². The Bertz CT molecular complexity index is 421. The Labute approximate surface area is 81.8 Å². The van der Waals surface area contributed by atoms with E-state index in [4.69, 9.17) is 10.2 Å². The van der Waals surface area contributed by atoms with Gasteiger partial charge < -0.3 is 15.3 Å². The van der Waals surface area contributed by atoms with E-state index in [-0.39, 0.29) is 5.75 Å². The number of furan rings is 1. The van der Waals surface area contributed by atoms with Crippen LogP contribution in [0.2, 0.25) is 0 Å². The zero-order valence-corrected chi connectivity index (χ0v) is 7.60. The van der Waals surface area contributed by atoms with E-state index < -0.39 is 0 Å². The van der Waals surface area contributed by atoms with Gasteiger partial charge in [-0.2, -0.15) is 0 Å². The molecule has 0 atom stereocenters. The van der Waals surface area contributed by atoms with Crippen molar-refractivity contribution in [1.29, 1.82) is 0 Å². The average molecular weight is 189 g/mol. The van der Waals surface area contributed by atoms with Crippen LogP contribution < -0.4 is 5.73 Å². The van der Waals surface area contributed by atoms with Crippen LogP contribution in [0.5, 0.6) is 5.75 Å². The summed E-state index contributed by atoms with van der Waals surface area (Å²) in [5.74, 6) is 0.856. The first kappa shape index (κ1) is 8.84. The van der Waals surface area contributed by atoms with Crippen LogP contribution in [0.3, 0.4) is 0 Å². The Hall–Kier alpha value is -1.74. The lowest BCUT2D eigenvalue weighted by Crippen LogP contribution is -1.95. The molecule has 1 aromatic carbocycles. The Morgan fingerprint density at radius 2 is 2.14 bits per heavy atom. The van der Waals surface area contributed by atoms with Crippen molar-refractivity contribution in [3.8, 4) is 17.1 Å². The van der Waals surface area contributed by atoms with Gasteiger partial charge in [0.2, 0.25) is 0 Å². The zero-order chi connectivity index (χ0) is 9.97. The van der Waals surface area contributed by atoms with E-state index in [0.29, 0.717) is 17.9 Å². The second-order valence-corrected chi connectivity index (χ2v) is 3.03. The van der Waals surface area contributed by atoms with Crippen LogP contribution >= 0.6 is 0 Å². The molecule has 0 aliphatic heterocycles. The second-order valence-electron chi connectivity index (χ2n) is 3.03. The Morgan fingerprint density at radius 3 is 2.71 bits per heavy atom. The lowest BCUT2D eigenvalue weighted by molar-refractivity contribution is 0.473. The molecule has 72 valence electrons. The van der Waals surface area contributed by atoms with Crippen LogP contribution in [0.25, 0.3) is 11.3 Å². The van der Waals surface area contributed by atoms with Gasteiger partial charge in [-0.3, -0.25) is 0 Å². The molecule has 0 amide bonds. The molecular formula is C11H11NO2. The first-order valence-corrected chi connectivity index (χ1v) is 4.37. The van der Waals surface area contributed by atoms with Gasteiger partial charge in [-0.15, -0.1) is 0 Å². The Kier molecular flexibility index (Phi) is 2.24. The van der Waals surface area contributed by atoms with Gasteiger partial charge in [0, 0.05) is 6.54 Å². The van der Waals surface area contributed by atoms with E-state index in [1.165, 1.54) is 0 Å². The Balaban J connectivity index is 2.46. The van der Waals surface area contributed by atoms with E-state index in [9.17, 15) is 5.11 Å². The number of phenols is 1. The van der Waals surface area contributed by atoms with Gasteiger partial charge in [-0.25, -0.2) is 0 Å². The van der Waals surface area contributed by atoms with Crippen LogP contribution in [0.4, 0.5) is 0 Å². The molecule has 3 nitrogen and oxygen atoms in total. The second kappa shape index (κ2) is 3.55. The van der Waals surface area contributed by atoms with Crippen molar-refractivity contribution in [2.45, 2.75) is 6.54 Å². The molecule has 14 heavy (non-hydrogen) atoms. The maximum atomic E-state index is 9.68. The maximum absolute atomic E-state index is 9.68. The lowest BCUT2D eigenvalue weighted by atomic mass is 10.1. The topological polar surface area (TPSA) is 59.4 Å². The fourth-order valence-electron chi connectivity index (χ4n) is 1.34. The van der Waals surface area contributed by atoms with Crippen LogP contribution in [0, 0.1) is 0 Å². The number of hydrogen-bond acceptors (Lipinski definition) is 3. The fourth-order valence-corrected chi connectivity index (χ4v) is 1.34. The van der Waals surface area contributed by atoms with E-state index in [1.807, 2.05) is 6.07 Å². The van der Waals surface area contributed by atoms with Gasteiger partial charge in [-0.1, -0.05) is 6.07 Å². The molecule has 0 unspecified atom stereocenters. The monoisotopic (exact) mass is 189 g/mol. The van der Waals surface area contributed by atoms with Gasteiger partial charge in [0.25, 0.3) is 0 Å². The summed E-state index contributed by atoms with van der Waals surface area (Å²) >= 11 is 0. The molecule has 0 saturated carbocycles. The first-order chi connectivity index (χ1) is 6.81. The quantitative estimate of drug-likeness (QED) is 0.760. The highest BCUT2D eigenvalue weighted by atomic mass is 16.3. The van der Waals surface area contributed by atoms with Gasteiger partial charge in [0.05, 0.1) is 11.8 Å². The average Bonchev–Trinajstić information content (AvgIpc) is 2.70. The molecule has 3 heteroatoms. The van der Waals surface area contributed by atoms with Crippen LogP contribution in [-0.2, 0) is 6.54 Å². The van der Waals surface area contributed by atoms with Gasteiger partial charge >= 0.3 is 0 Å². The highest BCUT2D eigenvalue weighted by Crippen LogP contribution is 2.29. The summed E-state index contributed by atoms with van der Waals surface area (Å²) in [6, 6.07) is 8.91. The number of nitrogens with two attached hydrogens (primary N) is 1. The van der Waals surface area contributed by atoms with E-state index in [2.05, 4.69) is 0 Å². The largest absolute Gasteiger partial charge is 0.507 e. The van der Waals surface area contributed by atoms with E-state index >= 15 is 0 Å². The molecule has 3 N–H and O–H groups in total. The van der Waals surface area contributed by atoms with Crippen molar-refractivity contribution in [3.05, 3.63) is 42.2 Å². The minimum Gasteiger partial charge on any atom is -0.507 e. The third-order valence-corrected chi connectivity index (χ3v) is 2.08.